The van der Waals surface area contributed by atoms with E-state index in [9.17, 15) is 4.79 Å². The summed E-state index contributed by atoms with van der Waals surface area (Å²) in [7, 11) is 0. The van der Waals surface area contributed by atoms with Gasteiger partial charge in [0, 0.05) is 38.9 Å². The second-order valence-electron chi connectivity index (χ2n) is 6.32. The van der Waals surface area contributed by atoms with Crippen LogP contribution in [-0.4, -0.2) is 52.9 Å². The molecule has 5 nitrogen and oxygen atoms in total. The van der Waals surface area contributed by atoms with Gasteiger partial charge in [-0.3, -0.25) is 14.6 Å². The zero-order valence-corrected chi connectivity index (χ0v) is 15.1. The third-order valence-corrected chi connectivity index (χ3v) is 4.79. The van der Waals surface area contributed by atoms with Gasteiger partial charge in [0.2, 0.25) is 5.91 Å². The van der Waals surface area contributed by atoms with Crippen molar-refractivity contribution in [2.24, 2.45) is 0 Å². The summed E-state index contributed by atoms with van der Waals surface area (Å²) in [5.74, 6) is 0.496. The van der Waals surface area contributed by atoms with Crippen LogP contribution in [0.3, 0.4) is 0 Å². The van der Waals surface area contributed by atoms with E-state index in [1.165, 1.54) is 11.8 Å². The predicted octanol–water partition coefficient (Wildman–Crippen LogP) is 2.88. The van der Waals surface area contributed by atoms with E-state index in [2.05, 4.69) is 44.4 Å². The number of hydrogen-bond acceptors (Lipinski definition) is 4. The highest BCUT2D eigenvalue weighted by Gasteiger charge is 2.25. The molecule has 2 heterocycles. The topological polar surface area (TPSA) is 48.5 Å². The number of halogens is 1. The van der Waals surface area contributed by atoms with Crippen LogP contribution in [0.4, 0.5) is 5.82 Å². The lowest BCUT2D eigenvalue weighted by Gasteiger charge is -2.37. The third kappa shape index (κ3) is 5.01. The van der Waals surface area contributed by atoms with Crippen LogP contribution in [0.25, 0.3) is 0 Å². The van der Waals surface area contributed by atoms with Crippen molar-refractivity contribution < 1.29 is 4.79 Å². The molecule has 6 heteroatoms. The number of rotatable bonds is 5. The monoisotopic (exact) mass is 358 g/mol. The van der Waals surface area contributed by atoms with Gasteiger partial charge in [0.05, 0.1) is 11.1 Å². The molecule has 1 aromatic heterocycles. The summed E-state index contributed by atoms with van der Waals surface area (Å²) in [5.41, 5.74) is 1.33. The third-order valence-electron chi connectivity index (χ3n) is 4.56. The van der Waals surface area contributed by atoms with Crippen molar-refractivity contribution in [2.75, 3.05) is 31.5 Å². The van der Waals surface area contributed by atoms with E-state index < -0.39 is 0 Å². The Bertz CT molecular complexity index is 684. The number of benzene rings is 1. The van der Waals surface area contributed by atoms with Crippen molar-refractivity contribution in [1.82, 2.24) is 14.8 Å². The van der Waals surface area contributed by atoms with Crippen LogP contribution in [0.15, 0.2) is 48.7 Å². The maximum absolute atomic E-state index is 12.4. The number of pyridine rings is 1. The van der Waals surface area contributed by atoms with Crippen LogP contribution in [-0.2, 0) is 11.3 Å². The molecule has 1 aliphatic heterocycles. The smallest absolute Gasteiger partial charge is 0.242 e. The second kappa shape index (κ2) is 8.43. The molecule has 0 bridgehead atoms. The van der Waals surface area contributed by atoms with Crippen LogP contribution in [0.1, 0.15) is 12.5 Å². The first-order chi connectivity index (χ1) is 12.1. The van der Waals surface area contributed by atoms with Gasteiger partial charge < -0.3 is 5.32 Å². The predicted molar refractivity (Wildman–Crippen MR) is 101 cm³/mol. The first-order valence-electron chi connectivity index (χ1n) is 8.54. The van der Waals surface area contributed by atoms with E-state index in [-0.39, 0.29) is 11.9 Å². The zero-order valence-electron chi connectivity index (χ0n) is 14.4. The number of nitrogens with one attached hydrogen (secondary N) is 1. The molecule has 1 aliphatic rings. The maximum Gasteiger partial charge on any atom is 0.242 e. The summed E-state index contributed by atoms with van der Waals surface area (Å²) < 4.78 is 0. The summed E-state index contributed by atoms with van der Waals surface area (Å²) in [4.78, 5) is 21.2. The molecule has 1 fully saturated rings. The maximum atomic E-state index is 12.4. The van der Waals surface area contributed by atoms with Crippen molar-refractivity contribution >= 4 is 23.3 Å². The minimum atomic E-state index is -0.184. The van der Waals surface area contributed by atoms with E-state index in [1.807, 2.05) is 13.0 Å². The summed E-state index contributed by atoms with van der Waals surface area (Å²) in [6, 6.07) is 13.7. The SMILES string of the molecule is CC(C(=O)Nc1ccc(Cl)cn1)N1CCN(Cc2ccccc2)CC1. The summed E-state index contributed by atoms with van der Waals surface area (Å²) >= 11 is 5.82. The number of nitrogens with zero attached hydrogens (tertiary/aromatic N) is 3. The molecule has 0 spiro atoms. The van der Waals surface area contributed by atoms with E-state index in [1.54, 1.807) is 12.1 Å². The molecule has 0 radical (unpaired) electrons. The average molecular weight is 359 g/mol. The summed E-state index contributed by atoms with van der Waals surface area (Å²) in [5, 5.41) is 3.41. The van der Waals surface area contributed by atoms with Crippen molar-refractivity contribution in [2.45, 2.75) is 19.5 Å². The fraction of sp³-hybridized carbons (Fsp3) is 0.368. The Hall–Kier alpha value is -1.95. The second-order valence-corrected chi connectivity index (χ2v) is 6.76. The van der Waals surface area contributed by atoms with E-state index in [0.29, 0.717) is 10.8 Å². The molecule has 1 saturated heterocycles. The zero-order chi connectivity index (χ0) is 17.6. The lowest BCUT2D eigenvalue weighted by molar-refractivity contribution is -0.121. The number of carbonyl (C=O) groups is 1. The number of piperazine rings is 1. The van der Waals surface area contributed by atoms with Gasteiger partial charge >= 0.3 is 0 Å². The van der Waals surface area contributed by atoms with Gasteiger partial charge in [-0.1, -0.05) is 41.9 Å². The van der Waals surface area contributed by atoms with Gasteiger partial charge in [0.1, 0.15) is 5.82 Å². The largest absolute Gasteiger partial charge is 0.309 e. The Kier molecular flexibility index (Phi) is 6.02. The number of anilines is 1. The number of aromatic nitrogens is 1. The number of amides is 1. The molecule has 25 heavy (non-hydrogen) atoms. The average Bonchev–Trinajstić information content (AvgIpc) is 2.64. The highest BCUT2D eigenvalue weighted by atomic mass is 35.5. The quantitative estimate of drug-likeness (QED) is 0.892. The lowest BCUT2D eigenvalue weighted by Crippen LogP contribution is -2.52. The van der Waals surface area contributed by atoms with Crippen molar-refractivity contribution in [1.29, 1.82) is 0 Å². The lowest BCUT2D eigenvalue weighted by atomic mass is 10.1. The van der Waals surface area contributed by atoms with Gasteiger partial charge in [-0.2, -0.15) is 0 Å². The first kappa shape index (κ1) is 17.9. The van der Waals surface area contributed by atoms with Gasteiger partial charge in [-0.05, 0) is 24.6 Å². The highest BCUT2D eigenvalue weighted by Crippen LogP contribution is 2.13. The minimum absolute atomic E-state index is 0.0358. The van der Waals surface area contributed by atoms with Crippen molar-refractivity contribution in [3.05, 3.63) is 59.2 Å². The Morgan fingerprint density at radius 1 is 1.16 bits per heavy atom. The fourth-order valence-electron chi connectivity index (χ4n) is 3.00. The highest BCUT2D eigenvalue weighted by molar-refractivity contribution is 6.30. The molecule has 0 aliphatic carbocycles. The Labute approximate surface area is 153 Å². The molecular formula is C19H23ClN4O. The fourth-order valence-corrected chi connectivity index (χ4v) is 3.11. The molecule has 1 amide bonds. The molecule has 2 aromatic rings. The van der Waals surface area contributed by atoms with Crippen LogP contribution in [0.2, 0.25) is 5.02 Å². The summed E-state index contributed by atoms with van der Waals surface area (Å²) in [6.07, 6.45) is 1.53. The van der Waals surface area contributed by atoms with Crippen LogP contribution < -0.4 is 5.32 Å². The molecule has 1 aromatic carbocycles. The molecule has 1 atom stereocenters. The Morgan fingerprint density at radius 2 is 1.88 bits per heavy atom. The Morgan fingerprint density at radius 3 is 2.52 bits per heavy atom. The van der Waals surface area contributed by atoms with Gasteiger partial charge in [0.15, 0.2) is 0 Å². The Balaban J connectivity index is 1.48. The first-order valence-corrected chi connectivity index (χ1v) is 8.92. The molecule has 1 N–H and O–H groups in total. The minimum Gasteiger partial charge on any atom is -0.309 e. The standard InChI is InChI=1S/C19H23ClN4O/c1-15(19(25)22-18-8-7-17(20)13-21-18)24-11-9-23(10-12-24)14-16-5-3-2-4-6-16/h2-8,13,15H,9-12,14H2,1H3,(H,21,22,25). The number of hydrogen-bond donors (Lipinski definition) is 1. The molecule has 132 valence electrons. The van der Waals surface area contributed by atoms with Crippen LogP contribution in [0, 0.1) is 0 Å². The number of carbonyl (C=O) groups excluding carboxylic acids is 1. The molecule has 3 rings (SSSR count). The van der Waals surface area contributed by atoms with E-state index >= 15 is 0 Å². The summed E-state index contributed by atoms with van der Waals surface area (Å²) in [6.45, 7) is 6.60. The van der Waals surface area contributed by atoms with Crippen molar-refractivity contribution in [3.8, 4) is 0 Å². The van der Waals surface area contributed by atoms with Gasteiger partial charge in [0.25, 0.3) is 0 Å². The van der Waals surface area contributed by atoms with Gasteiger partial charge in [-0.25, -0.2) is 4.98 Å². The van der Waals surface area contributed by atoms with Crippen LogP contribution >= 0.6 is 11.6 Å². The van der Waals surface area contributed by atoms with E-state index in [0.717, 1.165) is 32.7 Å². The molecule has 1 unspecified atom stereocenters. The van der Waals surface area contributed by atoms with Gasteiger partial charge in [-0.15, -0.1) is 0 Å². The van der Waals surface area contributed by atoms with Crippen LogP contribution in [0.5, 0.6) is 0 Å². The van der Waals surface area contributed by atoms with Crippen molar-refractivity contribution in [3.63, 3.8) is 0 Å². The normalized spacial score (nSPS) is 17.2. The molecule has 0 saturated carbocycles. The van der Waals surface area contributed by atoms with E-state index in [4.69, 9.17) is 11.6 Å². The molecular weight excluding hydrogens is 336 g/mol.